The molecular weight excluding hydrogens is 360 g/mol. The van der Waals surface area contributed by atoms with E-state index in [-0.39, 0.29) is 0 Å². The summed E-state index contributed by atoms with van der Waals surface area (Å²) >= 11 is 0. The molecule has 10 spiro atoms. The minimum Gasteiger partial charge on any atom is -0.0464 e. The topological polar surface area (TPSA) is 0 Å². The smallest absolute Gasteiger partial charge is 0.00504 e. The molecule has 19 rings (SSSR count). The van der Waals surface area contributed by atoms with Crippen LogP contribution in [0.2, 0.25) is 0 Å². The summed E-state index contributed by atoms with van der Waals surface area (Å²) in [4.78, 5) is 0. The van der Waals surface area contributed by atoms with E-state index in [1.807, 2.05) is 6.42 Å². The molecule has 0 N–H and O–H groups in total. The van der Waals surface area contributed by atoms with Crippen molar-refractivity contribution in [2.75, 3.05) is 0 Å². The molecule has 0 aromatic carbocycles. The fraction of sp³-hybridized carbons (Fsp3) is 1.00. The lowest BCUT2D eigenvalue weighted by atomic mass is 8.59. The van der Waals surface area contributed by atoms with E-state index in [2.05, 4.69) is 0 Å². The highest BCUT2D eigenvalue weighted by Crippen LogP contribution is 3.48. The molecule has 0 saturated heterocycles. The molecule has 0 heteroatoms. The van der Waals surface area contributed by atoms with Crippen LogP contribution in [0.15, 0.2) is 0 Å². The number of hydrogen-bond acceptors (Lipinski definition) is 0. The van der Waals surface area contributed by atoms with E-state index in [9.17, 15) is 0 Å². The fourth-order valence-electron chi connectivity index (χ4n) is 28.6. The Morgan fingerprint density at radius 3 is 1.50 bits per heavy atom. The van der Waals surface area contributed by atoms with Gasteiger partial charge < -0.3 is 0 Å². The summed E-state index contributed by atoms with van der Waals surface area (Å²) in [5.74, 6) is 21.6. The Balaban J connectivity index is 1.12. The van der Waals surface area contributed by atoms with Gasteiger partial charge in [-0.05, 0) is 175 Å². The molecule has 0 aromatic rings. The summed E-state index contributed by atoms with van der Waals surface area (Å²) in [6, 6.07) is 0. The average Bonchev–Trinajstić information content (AvgIpc) is 2.97. The molecule has 19 aliphatic carbocycles. The molecule has 0 aliphatic heterocycles. The van der Waals surface area contributed by atoms with E-state index >= 15 is 0 Å². The zero-order valence-electron chi connectivity index (χ0n) is 17.1. The van der Waals surface area contributed by atoms with Gasteiger partial charge in [0.1, 0.15) is 0 Å². The Kier molecular flexibility index (Phi) is 0.662. The van der Waals surface area contributed by atoms with Crippen molar-refractivity contribution in [3.63, 3.8) is 0 Å². The monoisotopic (exact) mass is 384 g/mol. The molecule has 144 valence electrons. The zero-order valence-corrected chi connectivity index (χ0v) is 17.1. The van der Waals surface area contributed by atoms with Crippen LogP contribution >= 0.6 is 0 Å². The minimum atomic E-state index is 1.09. The van der Waals surface area contributed by atoms with Gasteiger partial charge >= 0.3 is 0 Å². The summed E-state index contributed by atoms with van der Waals surface area (Å²) in [6.45, 7) is 0. The van der Waals surface area contributed by atoms with Crippen molar-refractivity contribution < 1.29 is 0 Å². The van der Waals surface area contributed by atoms with Gasteiger partial charge in [-0.3, -0.25) is 0 Å². The summed E-state index contributed by atoms with van der Waals surface area (Å²) < 4.78 is 0. The Labute approximate surface area is 174 Å². The van der Waals surface area contributed by atoms with Crippen LogP contribution in [-0.4, -0.2) is 0 Å². The van der Waals surface area contributed by atoms with E-state index in [0.717, 1.165) is 54.1 Å². The highest BCUT2D eigenvalue weighted by Gasteiger charge is 3.46. The van der Waals surface area contributed by atoms with Gasteiger partial charge in [0.2, 0.25) is 0 Å². The standard InChI is InChI=1S/C30H24/c1-5-13-9-4-12-19-20-18-11-3-8-7-2-10-17-16-6(1)15-14(5)24(13)23(9,12)28(19)25(15,24)29(16)26(17)21(7,10)22(8,11)27(18,26)30(20,28)29/h5-20H,1-4H2. The van der Waals surface area contributed by atoms with Gasteiger partial charge in [0.25, 0.3) is 0 Å². The van der Waals surface area contributed by atoms with Crippen LogP contribution in [0.3, 0.4) is 0 Å². The molecule has 0 amide bonds. The van der Waals surface area contributed by atoms with E-state index in [0.29, 0.717) is 0 Å². The summed E-state index contributed by atoms with van der Waals surface area (Å²) in [7, 11) is 0. The predicted molar refractivity (Wildman–Crippen MR) is 98.6 cm³/mol. The lowest BCUT2D eigenvalue weighted by Gasteiger charge is -3.44. The third-order valence-electron chi connectivity index (χ3n) is 23.6. The summed E-state index contributed by atoms with van der Waals surface area (Å²) in [5, 5.41) is 0. The lowest BCUT2D eigenvalue weighted by Crippen LogP contribution is -3.42. The maximum Gasteiger partial charge on any atom is -0.00504 e. The van der Waals surface area contributed by atoms with Crippen molar-refractivity contribution in [1.82, 2.24) is 0 Å². The van der Waals surface area contributed by atoms with Crippen LogP contribution in [0.1, 0.15) is 25.7 Å². The highest BCUT2D eigenvalue weighted by atomic mass is 15.5. The molecule has 19 fully saturated rings. The molecule has 0 heterocycles. The average molecular weight is 385 g/mol. The van der Waals surface area contributed by atoms with Gasteiger partial charge in [0.05, 0.1) is 0 Å². The maximum atomic E-state index is 1.82. The van der Waals surface area contributed by atoms with Gasteiger partial charge in [-0.25, -0.2) is 0 Å². The third-order valence-corrected chi connectivity index (χ3v) is 23.6. The van der Waals surface area contributed by atoms with Crippen LogP contribution in [0.25, 0.3) is 0 Å². The van der Waals surface area contributed by atoms with Gasteiger partial charge in [-0.15, -0.1) is 0 Å². The summed E-state index contributed by atoms with van der Waals surface area (Å²) in [6.07, 6.45) is 7.16. The first kappa shape index (κ1) is 11.0. The SMILES string of the molecule is C1C2C3C4CC5C6C7C8C9CC%10C%11CC%12C%13C%14C1C1C2C32C45C63C12C%141C%132C%11%12C%109C82C731. The maximum absolute atomic E-state index is 1.82. The molecule has 26 atom stereocenters. The van der Waals surface area contributed by atoms with Crippen molar-refractivity contribution >= 4 is 0 Å². The van der Waals surface area contributed by atoms with Crippen molar-refractivity contribution in [3.05, 3.63) is 0 Å². The highest BCUT2D eigenvalue weighted by molar-refractivity contribution is 5.91. The second-order valence-electron chi connectivity index (χ2n) is 18.4. The number of hydrogen-bond donors (Lipinski definition) is 0. The van der Waals surface area contributed by atoms with Crippen molar-refractivity contribution in [3.8, 4) is 0 Å². The minimum absolute atomic E-state index is 1.09. The number of rotatable bonds is 0. The molecule has 0 aromatic heterocycles. The van der Waals surface area contributed by atoms with E-state index in [4.69, 9.17) is 0 Å². The summed E-state index contributed by atoms with van der Waals surface area (Å²) in [5.41, 5.74) is 11.0. The first-order valence-corrected chi connectivity index (χ1v) is 14.9. The quantitative estimate of drug-likeness (QED) is 0.599. The third kappa shape index (κ3) is 0.282. The molecule has 0 bridgehead atoms. The first-order valence-electron chi connectivity index (χ1n) is 14.9. The zero-order chi connectivity index (χ0) is 17.1. The predicted octanol–water partition coefficient (Wildman–Crippen LogP) is 3.53. The molecule has 19 aliphatic rings. The van der Waals surface area contributed by atoms with Gasteiger partial charge in [0.15, 0.2) is 0 Å². The van der Waals surface area contributed by atoms with Gasteiger partial charge in [-0.1, -0.05) is 0 Å². The van der Waals surface area contributed by atoms with E-state index < -0.39 is 0 Å². The molecule has 19 saturated carbocycles. The van der Waals surface area contributed by atoms with E-state index in [1.165, 1.54) is 94.7 Å². The Morgan fingerprint density at radius 2 is 0.767 bits per heavy atom. The van der Waals surface area contributed by atoms with Crippen molar-refractivity contribution in [2.24, 2.45) is 149 Å². The van der Waals surface area contributed by atoms with Crippen molar-refractivity contribution in [2.45, 2.75) is 25.7 Å². The Morgan fingerprint density at radius 1 is 0.300 bits per heavy atom. The Hall–Kier alpha value is 0. The van der Waals surface area contributed by atoms with Crippen LogP contribution in [0, 0.1) is 149 Å². The second-order valence-corrected chi connectivity index (χ2v) is 18.4. The van der Waals surface area contributed by atoms with Crippen LogP contribution in [0.4, 0.5) is 0 Å². The van der Waals surface area contributed by atoms with Crippen molar-refractivity contribution in [1.29, 1.82) is 0 Å². The van der Waals surface area contributed by atoms with E-state index in [1.54, 1.807) is 19.3 Å². The normalized spacial score (nSPS) is 125. The molecule has 26 unspecified atom stereocenters. The van der Waals surface area contributed by atoms with Gasteiger partial charge in [0, 0.05) is 0 Å². The first-order chi connectivity index (χ1) is 14.9. The molecular formula is C30H24. The Bertz CT molecular complexity index is 1520. The molecule has 30 heavy (non-hydrogen) atoms. The van der Waals surface area contributed by atoms with Crippen LogP contribution in [0.5, 0.6) is 0 Å². The largest absolute Gasteiger partial charge is 0.0464 e. The van der Waals surface area contributed by atoms with Crippen LogP contribution < -0.4 is 0 Å². The second kappa shape index (κ2) is 1.81. The van der Waals surface area contributed by atoms with Gasteiger partial charge in [-0.2, -0.15) is 0 Å². The van der Waals surface area contributed by atoms with Crippen LogP contribution in [-0.2, 0) is 0 Å². The molecule has 0 radical (unpaired) electrons. The number of fused-ring (bicyclic) bond motifs is 10. The fourth-order valence-corrected chi connectivity index (χ4v) is 28.6. The lowest BCUT2D eigenvalue weighted by molar-refractivity contribution is -0.989. The molecule has 0 nitrogen and oxygen atoms in total.